The number of nitro benzene ring substituents is 1. The van der Waals surface area contributed by atoms with Crippen molar-refractivity contribution in [1.29, 1.82) is 0 Å². The number of aryl methyl sites for hydroxylation is 1. The lowest BCUT2D eigenvalue weighted by Gasteiger charge is -2.08. The van der Waals surface area contributed by atoms with Gasteiger partial charge in [-0.1, -0.05) is 0 Å². The van der Waals surface area contributed by atoms with Gasteiger partial charge in [-0.15, -0.1) is 0 Å². The van der Waals surface area contributed by atoms with E-state index in [0.717, 1.165) is 17.8 Å². The first-order chi connectivity index (χ1) is 8.97. The fourth-order valence-electron chi connectivity index (χ4n) is 1.43. The SMILES string of the molecule is Cc1ccc(Oc2ccc(F)cc2[N+](=O)[O-])c(Br)n1. The number of nitro groups is 1. The van der Waals surface area contributed by atoms with Crippen LogP contribution < -0.4 is 4.74 Å². The second-order valence-electron chi connectivity index (χ2n) is 3.71. The monoisotopic (exact) mass is 326 g/mol. The van der Waals surface area contributed by atoms with E-state index >= 15 is 0 Å². The van der Waals surface area contributed by atoms with Gasteiger partial charge in [0, 0.05) is 5.69 Å². The number of rotatable bonds is 3. The van der Waals surface area contributed by atoms with E-state index in [2.05, 4.69) is 20.9 Å². The third-order valence-electron chi connectivity index (χ3n) is 2.29. The summed E-state index contributed by atoms with van der Waals surface area (Å²) in [6.07, 6.45) is 0. The van der Waals surface area contributed by atoms with Gasteiger partial charge >= 0.3 is 5.69 Å². The van der Waals surface area contributed by atoms with Gasteiger partial charge < -0.3 is 4.74 Å². The van der Waals surface area contributed by atoms with Crippen LogP contribution in [0.5, 0.6) is 11.5 Å². The normalized spacial score (nSPS) is 10.3. The van der Waals surface area contributed by atoms with Gasteiger partial charge in [-0.3, -0.25) is 10.1 Å². The Morgan fingerprint density at radius 1 is 1.32 bits per heavy atom. The van der Waals surface area contributed by atoms with Crippen LogP contribution in [0.15, 0.2) is 34.9 Å². The van der Waals surface area contributed by atoms with Crippen molar-refractivity contribution < 1.29 is 14.1 Å². The summed E-state index contributed by atoms with van der Waals surface area (Å²) < 4.78 is 18.8. The molecule has 1 aromatic carbocycles. The minimum absolute atomic E-state index is 0.0437. The highest BCUT2D eigenvalue weighted by atomic mass is 79.9. The topological polar surface area (TPSA) is 65.3 Å². The Hall–Kier alpha value is -2.02. The van der Waals surface area contributed by atoms with Crippen LogP contribution in [-0.2, 0) is 0 Å². The molecule has 0 saturated heterocycles. The van der Waals surface area contributed by atoms with E-state index in [9.17, 15) is 14.5 Å². The number of pyridine rings is 1. The quantitative estimate of drug-likeness (QED) is 0.486. The summed E-state index contributed by atoms with van der Waals surface area (Å²) in [5.41, 5.74) is 0.334. The first-order valence-electron chi connectivity index (χ1n) is 5.22. The molecule has 0 radical (unpaired) electrons. The van der Waals surface area contributed by atoms with Crippen LogP contribution in [0.25, 0.3) is 0 Å². The first kappa shape index (κ1) is 13.4. The van der Waals surface area contributed by atoms with Crippen molar-refractivity contribution in [3.05, 3.63) is 56.6 Å². The van der Waals surface area contributed by atoms with Gasteiger partial charge in [0.1, 0.15) is 10.4 Å². The lowest BCUT2D eigenvalue weighted by Crippen LogP contribution is -1.95. The molecule has 0 aliphatic carbocycles. The van der Waals surface area contributed by atoms with Crippen LogP contribution in [0.1, 0.15) is 5.69 Å². The van der Waals surface area contributed by atoms with E-state index < -0.39 is 16.4 Å². The van der Waals surface area contributed by atoms with Gasteiger partial charge in [0.15, 0.2) is 5.75 Å². The molecule has 0 aliphatic rings. The van der Waals surface area contributed by atoms with Gasteiger partial charge in [0.2, 0.25) is 5.75 Å². The first-order valence-corrected chi connectivity index (χ1v) is 6.01. The Bertz CT molecular complexity index is 649. The largest absolute Gasteiger partial charge is 0.447 e. The second-order valence-corrected chi connectivity index (χ2v) is 4.46. The van der Waals surface area contributed by atoms with Crippen LogP contribution in [0.2, 0.25) is 0 Å². The van der Waals surface area contributed by atoms with Gasteiger partial charge in [-0.25, -0.2) is 9.37 Å². The van der Waals surface area contributed by atoms with E-state index in [1.54, 1.807) is 19.1 Å². The predicted octanol–water partition coefficient (Wildman–Crippen LogP) is 3.99. The molecule has 0 unspecified atom stereocenters. The number of hydrogen-bond donors (Lipinski definition) is 0. The van der Waals surface area contributed by atoms with Crippen molar-refractivity contribution in [3.63, 3.8) is 0 Å². The van der Waals surface area contributed by atoms with Crippen LogP contribution in [0.3, 0.4) is 0 Å². The number of nitrogens with zero attached hydrogens (tertiary/aromatic N) is 2. The molecule has 0 bridgehead atoms. The zero-order chi connectivity index (χ0) is 14.0. The van der Waals surface area contributed by atoms with Gasteiger partial charge in [0.25, 0.3) is 0 Å². The molecule has 1 aromatic heterocycles. The van der Waals surface area contributed by atoms with E-state index in [1.165, 1.54) is 6.07 Å². The average Bonchev–Trinajstić information content (AvgIpc) is 2.34. The lowest BCUT2D eigenvalue weighted by molar-refractivity contribution is -0.385. The summed E-state index contributed by atoms with van der Waals surface area (Å²) in [7, 11) is 0. The number of hydrogen-bond acceptors (Lipinski definition) is 4. The fraction of sp³-hybridized carbons (Fsp3) is 0.0833. The smallest absolute Gasteiger partial charge is 0.314 e. The molecule has 0 N–H and O–H groups in total. The van der Waals surface area contributed by atoms with Crippen molar-refractivity contribution in [3.8, 4) is 11.5 Å². The van der Waals surface area contributed by atoms with E-state index in [4.69, 9.17) is 4.74 Å². The molecule has 19 heavy (non-hydrogen) atoms. The zero-order valence-corrected chi connectivity index (χ0v) is 11.3. The summed E-state index contributed by atoms with van der Waals surface area (Å²) in [6, 6.07) is 6.44. The number of halogens is 2. The standard InChI is InChI=1S/C12H8BrFN2O3/c1-7-2-4-11(12(13)15-7)19-10-5-3-8(14)6-9(10)16(17)18/h2-6H,1H3. The molecular formula is C12H8BrFN2O3. The maximum atomic E-state index is 13.0. The van der Waals surface area contributed by atoms with Crippen LogP contribution >= 0.6 is 15.9 Å². The second kappa shape index (κ2) is 5.31. The Kier molecular flexibility index (Phi) is 3.75. The van der Waals surface area contributed by atoms with Crippen LogP contribution in [-0.4, -0.2) is 9.91 Å². The van der Waals surface area contributed by atoms with Crippen LogP contribution in [0.4, 0.5) is 10.1 Å². The molecule has 0 amide bonds. The van der Waals surface area contributed by atoms with Gasteiger partial charge in [-0.05, 0) is 47.1 Å². The van der Waals surface area contributed by atoms with Crippen molar-refractivity contribution in [2.75, 3.05) is 0 Å². The highest BCUT2D eigenvalue weighted by Crippen LogP contribution is 2.34. The third-order valence-corrected chi connectivity index (χ3v) is 2.86. The molecule has 7 heteroatoms. The summed E-state index contributed by atoms with van der Waals surface area (Å²) in [6.45, 7) is 1.80. The van der Waals surface area contributed by atoms with Gasteiger partial charge in [0.05, 0.1) is 11.0 Å². The minimum atomic E-state index is -0.700. The number of ether oxygens (including phenoxy) is 1. The molecule has 98 valence electrons. The van der Waals surface area contributed by atoms with Gasteiger partial charge in [-0.2, -0.15) is 0 Å². The maximum absolute atomic E-state index is 13.0. The van der Waals surface area contributed by atoms with Crippen molar-refractivity contribution >= 4 is 21.6 Å². The average molecular weight is 327 g/mol. The fourth-order valence-corrected chi connectivity index (χ4v) is 1.92. The lowest BCUT2D eigenvalue weighted by atomic mass is 10.3. The molecule has 2 rings (SSSR count). The third kappa shape index (κ3) is 3.05. The maximum Gasteiger partial charge on any atom is 0.314 e. The summed E-state index contributed by atoms with van der Waals surface area (Å²) in [5.74, 6) is -0.418. The molecule has 0 aliphatic heterocycles. The molecule has 2 aromatic rings. The number of aromatic nitrogens is 1. The Morgan fingerprint density at radius 2 is 2.00 bits per heavy atom. The van der Waals surface area contributed by atoms with E-state index in [1.807, 2.05) is 0 Å². The zero-order valence-electron chi connectivity index (χ0n) is 9.76. The Labute approximate surface area is 116 Å². The number of benzene rings is 1. The Balaban J connectivity index is 2.40. The summed E-state index contributed by atoms with van der Waals surface area (Å²) in [4.78, 5) is 14.2. The van der Waals surface area contributed by atoms with E-state index in [-0.39, 0.29) is 5.75 Å². The highest BCUT2D eigenvalue weighted by molar-refractivity contribution is 9.10. The summed E-state index contributed by atoms with van der Waals surface area (Å²) >= 11 is 3.20. The molecule has 0 spiro atoms. The summed E-state index contributed by atoms with van der Waals surface area (Å²) in [5, 5.41) is 10.8. The predicted molar refractivity (Wildman–Crippen MR) is 69.8 cm³/mol. The highest BCUT2D eigenvalue weighted by Gasteiger charge is 2.18. The van der Waals surface area contributed by atoms with E-state index in [0.29, 0.717) is 10.4 Å². The molecule has 5 nitrogen and oxygen atoms in total. The molecule has 0 fully saturated rings. The molecular weight excluding hydrogens is 319 g/mol. The Morgan fingerprint density at radius 3 is 2.63 bits per heavy atom. The van der Waals surface area contributed by atoms with Crippen molar-refractivity contribution in [1.82, 2.24) is 4.98 Å². The van der Waals surface area contributed by atoms with Crippen molar-refractivity contribution in [2.24, 2.45) is 0 Å². The molecule has 1 heterocycles. The molecule has 0 saturated carbocycles. The van der Waals surface area contributed by atoms with Crippen LogP contribution in [0, 0.1) is 22.9 Å². The van der Waals surface area contributed by atoms with Crippen molar-refractivity contribution in [2.45, 2.75) is 6.92 Å². The molecule has 0 atom stereocenters. The minimum Gasteiger partial charge on any atom is -0.447 e.